The molecule has 2 unspecified atom stereocenters. The quantitative estimate of drug-likeness (QED) is 0.839. The first-order chi connectivity index (χ1) is 8.54. The summed E-state index contributed by atoms with van der Waals surface area (Å²) in [6.07, 6.45) is 6.62. The number of hydrogen-bond acceptors (Lipinski definition) is 2. The van der Waals surface area contributed by atoms with Gasteiger partial charge in [-0.1, -0.05) is 26.7 Å². The van der Waals surface area contributed by atoms with Gasteiger partial charge in [0.2, 0.25) is 5.91 Å². The van der Waals surface area contributed by atoms with Crippen LogP contribution < -0.4 is 0 Å². The highest BCUT2D eigenvalue weighted by Gasteiger charge is 2.40. The Balaban J connectivity index is 1.95. The maximum absolute atomic E-state index is 12.6. The van der Waals surface area contributed by atoms with Crippen LogP contribution in [0.3, 0.4) is 0 Å². The third-order valence-corrected chi connectivity index (χ3v) is 4.94. The summed E-state index contributed by atoms with van der Waals surface area (Å²) in [5.41, 5.74) is 0.171. The van der Waals surface area contributed by atoms with E-state index in [2.05, 4.69) is 18.7 Å². The molecule has 0 aromatic carbocycles. The molecule has 104 valence electrons. The molecule has 0 radical (unpaired) electrons. The molecule has 1 heterocycles. The number of carbonyl (C=O) groups excluding carboxylic acids is 1. The number of aliphatic hydroxyl groups excluding tert-OH is 1. The van der Waals surface area contributed by atoms with Crippen LogP contribution in [0.15, 0.2) is 0 Å². The predicted molar refractivity (Wildman–Crippen MR) is 72.1 cm³/mol. The second kappa shape index (κ2) is 5.60. The first-order valence-corrected chi connectivity index (χ1v) is 7.44. The van der Waals surface area contributed by atoms with Crippen LogP contribution in [-0.2, 0) is 4.79 Å². The molecule has 1 aliphatic carbocycles. The first-order valence-electron chi connectivity index (χ1n) is 7.44. The van der Waals surface area contributed by atoms with Crippen molar-refractivity contribution in [1.82, 2.24) is 4.90 Å². The van der Waals surface area contributed by atoms with E-state index in [0.29, 0.717) is 11.8 Å². The molecule has 0 aromatic heterocycles. The third-order valence-electron chi connectivity index (χ3n) is 4.94. The number of rotatable bonds is 3. The van der Waals surface area contributed by atoms with Crippen LogP contribution >= 0.6 is 0 Å². The fraction of sp³-hybridized carbons (Fsp3) is 0.933. The molecule has 1 saturated carbocycles. The molecule has 0 spiro atoms. The number of likely N-dealkylation sites (tertiary alicyclic amines) is 1. The lowest BCUT2D eigenvalue weighted by Crippen LogP contribution is -2.42. The molecule has 1 aliphatic heterocycles. The van der Waals surface area contributed by atoms with Gasteiger partial charge in [0.1, 0.15) is 0 Å². The molecule has 2 aliphatic rings. The monoisotopic (exact) mass is 253 g/mol. The van der Waals surface area contributed by atoms with Gasteiger partial charge in [-0.05, 0) is 37.0 Å². The van der Waals surface area contributed by atoms with Gasteiger partial charge in [0, 0.05) is 25.6 Å². The molecular formula is C15H27NO2. The van der Waals surface area contributed by atoms with Gasteiger partial charge in [0.25, 0.3) is 0 Å². The van der Waals surface area contributed by atoms with Crippen molar-refractivity contribution < 1.29 is 9.90 Å². The Kier molecular flexibility index (Phi) is 4.31. The van der Waals surface area contributed by atoms with Crippen molar-refractivity contribution in [3.05, 3.63) is 0 Å². The Bertz CT molecular complexity index is 301. The van der Waals surface area contributed by atoms with Crippen LogP contribution in [0.2, 0.25) is 0 Å². The highest BCUT2D eigenvalue weighted by atomic mass is 16.3. The van der Waals surface area contributed by atoms with E-state index >= 15 is 0 Å². The minimum atomic E-state index is 0.171. The van der Waals surface area contributed by atoms with Gasteiger partial charge < -0.3 is 10.0 Å². The summed E-state index contributed by atoms with van der Waals surface area (Å²) < 4.78 is 0. The van der Waals surface area contributed by atoms with Crippen LogP contribution in [-0.4, -0.2) is 35.6 Å². The Morgan fingerprint density at radius 3 is 2.78 bits per heavy atom. The molecule has 2 rings (SSSR count). The third kappa shape index (κ3) is 2.87. The van der Waals surface area contributed by atoms with Crippen LogP contribution in [0, 0.1) is 17.3 Å². The van der Waals surface area contributed by atoms with E-state index in [1.165, 1.54) is 19.3 Å². The zero-order valence-corrected chi connectivity index (χ0v) is 11.8. The fourth-order valence-corrected chi connectivity index (χ4v) is 3.62. The van der Waals surface area contributed by atoms with Gasteiger partial charge in [-0.15, -0.1) is 0 Å². The van der Waals surface area contributed by atoms with Crippen molar-refractivity contribution in [3.63, 3.8) is 0 Å². The summed E-state index contributed by atoms with van der Waals surface area (Å²) in [6, 6.07) is 0. The van der Waals surface area contributed by atoms with Gasteiger partial charge in [0.15, 0.2) is 0 Å². The van der Waals surface area contributed by atoms with Crippen molar-refractivity contribution in [2.24, 2.45) is 17.3 Å². The molecule has 1 saturated heterocycles. The van der Waals surface area contributed by atoms with Crippen LogP contribution in [0.25, 0.3) is 0 Å². The van der Waals surface area contributed by atoms with E-state index in [4.69, 9.17) is 5.11 Å². The zero-order valence-electron chi connectivity index (χ0n) is 11.8. The Morgan fingerprint density at radius 2 is 2.11 bits per heavy atom. The summed E-state index contributed by atoms with van der Waals surface area (Å²) in [6.45, 7) is 6.51. The van der Waals surface area contributed by atoms with Crippen molar-refractivity contribution in [3.8, 4) is 0 Å². The molecule has 2 fully saturated rings. The van der Waals surface area contributed by atoms with E-state index in [1.807, 2.05) is 0 Å². The molecule has 18 heavy (non-hydrogen) atoms. The normalized spacial score (nSPS) is 31.6. The SMILES string of the molecule is CC1(C)CCCCC1C(=O)N1CCC(CCO)C1. The summed E-state index contributed by atoms with van der Waals surface area (Å²) in [7, 11) is 0. The molecule has 0 bridgehead atoms. The molecule has 3 heteroatoms. The highest BCUT2D eigenvalue weighted by molar-refractivity contribution is 5.80. The van der Waals surface area contributed by atoms with Gasteiger partial charge in [0.05, 0.1) is 0 Å². The van der Waals surface area contributed by atoms with Crippen LogP contribution in [0.4, 0.5) is 0 Å². The van der Waals surface area contributed by atoms with E-state index in [-0.39, 0.29) is 17.9 Å². The number of aliphatic hydroxyl groups is 1. The van der Waals surface area contributed by atoms with E-state index in [0.717, 1.165) is 32.4 Å². The minimum absolute atomic E-state index is 0.171. The standard InChI is InChI=1S/C15H27NO2/c1-15(2)8-4-3-5-13(15)14(18)16-9-6-12(11-16)7-10-17/h12-13,17H,3-11H2,1-2H3. The summed E-state index contributed by atoms with van der Waals surface area (Å²) >= 11 is 0. The summed E-state index contributed by atoms with van der Waals surface area (Å²) in [5, 5.41) is 8.98. The number of hydrogen-bond donors (Lipinski definition) is 1. The number of nitrogens with zero attached hydrogens (tertiary/aromatic N) is 1. The lowest BCUT2D eigenvalue weighted by atomic mass is 9.68. The van der Waals surface area contributed by atoms with E-state index in [1.54, 1.807) is 0 Å². The van der Waals surface area contributed by atoms with Crippen LogP contribution in [0.1, 0.15) is 52.4 Å². The molecule has 1 amide bonds. The fourth-order valence-electron chi connectivity index (χ4n) is 3.62. The van der Waals surface area contributed by atoms with Gasteiger partial charge in [-0.3, -0.25) is 4.79 Å². The van der Waals surface area contributed by atoms with Crippen molar-refractivity contribution in [2.75, 3.05) is 19.7 Å². The Hall–Kier alpha value is -0.570. The second-order valence-electron chi connectivity index (χ2n) is 6.74. The van der Waals surface area contributed by atoms with Gasteiger partial charge in [-0.2, -0.15) is 0 Å². The number of carbonyl (C=O) groups is 1. The second-order valence-corrected chi connectivity index (χ2v) is 6.74. The average molecular weight is 253 g/mol. The van der Waals surface area contributed by atoms with Crippen molar-refractivity contribution in [1.29, 1.82) is 0 Å². The van der Waals surface area contributed by atoms with Crippen LogP contribution in [0.5, 0.6) is 0 Å². The summed E-state index contributed by atoms with van der Waals surface area (Å²) in [5.74, 6) is 1.12. The molecule has 1 N–H and O–H groups in total. The maximum atomic E-state index is 12.6. The zero-order chi connectivity index (χ0) is 13.2. The largest absolute Gasteiger partial charge is 0.396 e. The van der Waals surface area contributed by atoms with Crippen molar-refractivity contribution in [2.45, 2.75) is 52.4 Å². The average Bonchev–Trinajstić information content (AvgIpc) is 2.77. The topological polar surface area (TPSA) is 40.5 Å². The Morgan fingerprint density at radius 1 is 1.33 bits per heavy atom. The molecular weight excluding hydrogens is 226 g/mol. The van der Waals surface area contributed by atoms with E-state index in [9.17, 15) is 4.79 Å². The number of amides is 1. The van der Waals surface area contributed by atoms with Crippen molar-refractivity contribution >= 4 is 5.91 Å². The van der Waals surface area contributed by atoms with Gasteiger partial charge >= 0.3 is 0 Å². The summed E-state index contributed by atoms with van der Waals surface area (Å²) in [4.78, 5) is 14.7. The van der Waals surface area contributed by atoms with Gasteiger partial charge in [-0.25, -0.2) is 0 Å². The first kappa shape index (κ1) is 13.9. The smallest absolute Gasteiger partial charge is 0.226 e. The highest BCUT2D eigenvalue weighted by Crippen LogP contribution is 2.42. The molecule has 0 aromatic rings. The predicted octanol–water partition coefficient (Wildman–Crippen LogP) is 2.43. The maximum Gasteiger partial charge on any atom is 0.226 e. The lowest BCUT2D eigenvalue weighted by molar-refractivity contribution is -0.140. The van der Waals surface area contributed by atoms with E-state index < -0.39 is 0 Å². The Labute approximate surface area is 111 Å². The molecule has 3 nitrogen and oxygen atoms in total. The lowest BCUT2D eigenvalue weighted by Gasteiger charge is -2.39. The minimum Gasteiger partial charge on any atom is -0.396 e. The molecule has 2 atom stereocenters.